The van der Waals surface area contributed by atoms with Crippen molar-refractivity contribution < 1.29 is 9.53 Å². The van der Waals surface area contributed by atoms with Crippen molar-refractivity contribution >= 4 is 5.91 Å². The maximum absolute atomic E-state index is 12.4. The number of rotatable bonds is 5. The molecule has 1 amide bonds. The van der Waals surface area contributed by atoms with Gasteiger partial charge in [-0.1, -0.05) is 30.3 Å². The lowest BCUT2D eigenvalue weighted by atomic mass is 10.0. The molecule has 0 aliphatic carbocycles. The van der Waals surface area contributed by atoms with Crippen LogP contribution in [0.3, 0.4) is 0 Å². The van der Waals surface area contributed by atoms with E-state index in [0.717, 1.165) is 37.2 Å². The molecular formula is C21H26N2O2. The van der Waals surface area contributed by atoms with Gasteiger partial charge in [-0.15, -0.1) is 0 Å². The van der Waals surface area contributed by atoms with Gasteiger partial charge >= 0.3 is 0 Å². The van der Waals surface area contributed by atoms with E-state index in [1.807, 2.05) is 32.3 Å². The molecule has 0 aromatic heterocycles. The van der Waals surface area contributed by atoms with Gasteiger partial charge in [0.25, 0.3) is 0 Å². The number of ether oxygens (including phenoxy) is 1. The summed E-state index contributed by atoms with van der Waals surface area (Å²) < 4.78 is 5.33. The number of carbonyl (C=O) groups excluding carboxylic acids is 1. The third-order valence-electron chi connectivity index (χ3n) is 4.81. The van der Waals surface area contributed by atoms with Crippen molar-refractivity contribution in [2.24, 2.45) is 0 Å². The van der Waals surface area contributed by atoms with Crippen molar-refractivity contribution in [2.45, 2.75) is 25.4 Å². The van der Waals surface area contributed by atoms with Gasteiger partial charge < -0.3 is 9.64 Å². The second-order valence-electron chi connectivity index (χ2n) is 6.79. The standard InChI is InChI=1S/C21H26N2O2/c1-22(2)21(24)20-11-6-12-23(20)15-16-7-4-8-17(13-16)18-9-5-10-19(14-18)25-3/h4-5,7-10,13-14,20H,6,11-12,15H2,1-3H3. The minimum atomic E-state index is 0.00970. The maximum atomic E-state index is 12.4. The van der Waals surface area contributed by atoms with Gasteiger partial charge in [0.05, 0.1) is 13.2 Å². The van der Waals surface area contributed by atoms with Crippen LogP contribution < -0.4 is 4.74 Å². The number of amides is 1. The molecule has 4 nitrogen and oxygen atoms in total. The van der Waals surface area contributed by atoms with Crippen LogP contribution in [0.15, 0.2) is 48.5 Å². The molecule has 1 atom stereocenters. The van der Waals surface area contributed by atoms with Crippen LogP contribution in [0, 0.1) is 0 Å². The third-order valence-corrected chi connectivity index (χ3v) is 4.81. The van der Waals surface area contributed by atoms with E-state index in [2.05, 4.69) is 35.2 Å². The van der Waals surface area contributed by atoms with Crippen LogP contribution in [0.1, 0.15) is 18.4 Å². The number of nitrogens with zero attached hydrogens (tertiary/aromatic N) is 2. The van der Waals surface area contributed by atoms with Crippen molar-refractivity contribution in [3.05, 3.63) is 54.1 Å². The van der Waals surface area contributed by atoms with E-state index in [1.165, 1.54) is 11.1 Å². The SMILES string of the molecule is COc1cccc(-c2cccc(CN3CCCC3C(=O)N(C)C)c2)c1. The molecule has 1 heterocycles. The largest absolute Gasteiger partial charge is 0.497 e. The summed E-state index contributed by atoms with van der Waals surface area (Å²) in [5, 5.41) is 0. The fourth-order valence-corrected chi connectivity index (χ4v) is 3.48. The highest BCUT2D eigenvalue weighted by Gasteiger charge is 2.31. The van der Waals surface area contributed by atoms with Crippen LogP contribution in [-0.2, 0) is 11.3 Å². The van der Waals surface area contributed by atoms with E-state index in [9.17, 15) is 4.79 Å². The molecule has 1 fully saturated rings. The number of hydrogen-bond donors (Lipinski definition) is 0. The molecule has 4 heteroatoms. The molecule has 25 heavy (non-hydrogen) atoms. The zero-order valence-electron chi connectivity index (χ0n) is 15.2. The number of carbonyl (C=O) groups is 1. The lowest BCUT2D eigenvalue weighted by molar-refractivity contribution is -0.133. The lowest BCUT2D eigenvalue weighted by Gasteiger charge is -2.26. The predicted octanol–water partition coefficient (Wildman–Crippen LogP) is 3.41. The molecule has 1 unspecified atom stereocenters. The average molecular weight is 338 g/mol. The number of likely N-dealkylation sites (N-methyl/N-ethyl adjacent to an activating group) is 1. The van der Waals surface area contributed by atoms with Crippen LogP contribution in [-0.4, -0.2) is 49.5 Å². The van der Waals surface area contributed by atoms with E-state index in [-0.39, 0.29) is 11.9 Å². The van der Waals surface area contributed by atoms with E-state index in [0.29, 0.717) is 0 Å². The number of likely N-dealkylation sites (tertiary alicyclic amines) is 1. The van der Waals surface area contributed by atoms with Gasteiger partial charge in [-0.2, -0.15) is 0 Å². The molecular weight excluding hydrogens is 312 g/mol. The molecule has 1 saturated heterocycles. The molecule has 2 aromatic rings. The van der Waals surface area contributed by atoms with Crippen LogP contribution in [0.4, 0.5) is 0 Å². The summed E-state index contributed by atoms with van der Waals surface area (Å²) >= 11 is 0. The molecule has 3 rings (SSSR count). The molecule has 0 N–H and O–H groups in total. The summed E-state index contributed by atoms with van der Waals surface area (Å²) in [4.78, 5) is 16.4. The fourth-order valence-electron chi connectivity index (χ4n) is 3.48. The quantitative estimate of drug-likeness (QED) is 0.837. The fraction of sp³-hybridized carbons (Fsp3) is 0.381. The van der Waals surface area contributed by atoms with Crippen LogP contribution in [0.25, 0.3) is 11.1 Å². The first-order valence-corrected chi connectivity index (χ1v) is 8.77. The van der Waals surface area contributed by atoms with Gasteiger partial charge in [-0.3, -0.25) is 9.69 Å². The van der Waals surface area contributed by atoms with Gasteiger partial charge in [0.15, 0.2) is 0 Å². The first-order chi connectivity index (χ1) is 12.1. The zero-order valence-corrected chi connectivity index (χ0v) is 15.2. The maximum Gasteiger partial charge on any atom is 0.239 e. The highest BCUT2D eigenvalue weighted by atomic mass is 16.5. The molecule has 2 aromatic carbocycles. The van der Waals surface area contributed by atoms with Crippen LogP contribution in [0.2, 0.25) is 0 Å². The summed E-state index contributed by atoms with van der Waals surface area (Å²) in [5.41, 5.74) is 3.55. The van der Waals surface area contributed by atoms with Crippen molar-refractivity contribution in [3.8, 4) is 16.9 Å². The minimum Gasteiger partial charge on any atom is -0.497 e. The second kappa shape index (κ2) is 7.70. The Labute approximate surface area is 150 Å². The Kier molecular flexibility index (Phi) is 5.39. The monoisotopic (exact) mass is 338 g/mol. The Balaban J connectivity index is 1.78. The Morgan fingerprint density at radius 3 is 2.60 bits per heavy atom. The number of methoxy groups -OCH3 is 1. The van der Waals surface area contributed by atoms with Crippen molar-refractivity contribution in [1.29, 1.82) is 0 Å². The molecule has 1 aliphatic rings. The topological polar surface area (TPSA) is 32.8 Å². The van der Waals surface area contributed by atoms with Gasteiger partial charge in [0, 0.05) is 20.6 Å². The first-order valence-electron chi connectivity index (χ1n) is 8.77. The van der Waals surface area contributed by atoms with E-state index in [4.69, 9.17) is 4.74 Å². The summed E-state index contributed by atoms with van der Waals surface area (Å²) in [6.07, 6.45) is 2.03. The van der Waals surface area contributed by atoms with Gasteiger partial charge in [0.2, 0.25) is 5.91 Å². The molecule has 0 saturated carbocycles. The summed E-state index contributed by atoms with van der Waals surface area (Å²) in [5.74, 6) is 1.07. The Bertz CT molecular complexity index is 742. The molecule has 132 valence electrons. The molecule has 0 radical (unpaired) electrons. The van der Waals surface area contributed by atoms with Crippen LogP contribution >= 0.6 is 0 Å². The van der Waals surface area contributed by atoms with E-state index < -0.39 is 0 Å². The van der Waals surface area contributed by atoms with Crippen molar-refractivity contribution in [2.75, 3.05) is 27.7 Å². The number of hydrogen-bond acceptors (Lipinski definition) is 3. The Hall–Kier alpha value is -2.33. The zero-order chi connectivity index (χ0) is 17.8. The predicted molar refractivity (Wildman–Crippen MR) is 101 cm³/mol. The Morgan fingerprint density at radius 1 is 1.16 bits per heavy atom. The van der Waals surface area contributed by atoms with E-state index in [1.54, 1.807) is 12.0 Å². The molecule has 1 aliphatic heterocycles. The minimum absolute atomic E-state index is 0.00970. The smallest absolute Gasteiger partial charge is 0.239 e. The van der Waals surface area contributed by atoms with Gasteiger partial charge in [-0.05, 0) is 54.3 Å². The van der Waals surface area contributed by atoms with E-state index >= 15 is 0 Å². The molecule has 0 spiro atoms. The van der Waals surface area contributed by atoms with Gasteiger partial charge in [-0.25, -0.2) is 0 Å². The van der Waals surface area contributed by atoms with Crippen molar-refractivity contribution in [1.82, 2.24) is 9.80 Å². The number of benzene rings is 2. The molecule has 0 bridgehead atoms. The summed E-state index contributed by atoms with van der Waals surface area (Å²) in [6.45, 7) is 1.79. The first kappa shape index (κ1) is 17.5. The third kappa shape index (κ3) is 4.02. The summed E-state index contributed by atoms with van der Waals surface area (Å²) in [7, 11) is 5.36. The average Bonchev–Trinajstić information content (AvgIpc) is 3.09. The second-order valence-corrected chi connectivity index (χ2v) is 6.79. The normalized spacial score (nSPS) is 17.5. The summed E-state index contributed by atoms with van der Waals surface area (Å²) in [6, 6.07) is 16.7. The van der Waals surface area contributed by atoms with Gasteiger partial charge in [0.1, 0.15) is 5.75 Å². The highest BCUT2D eigenvalue weighted by molar-refractivity contribution is 5.81. The van der Waals surface area contributed by atoms with Crippen LogP contribution in [0.5, 0.6) is 5.75 Å². The Morgan fingerprint density at radius 2 is 1.88 bits per heavy atom. The van der Waals surface area contributed by atoms with Crippen molar-refractivity contribution in [3.63, 3.8) is 0 Å². The lowest BCUT2D eigenvalue weighted by Crippen LogP contribution is -2.42. The highest BCUT2D eigenvalue weighted by Crippen LogP contribution is 2.26.